The number of ether oxygens (including phenoxy) is 1. The highest BCUT2D eigenvalue weighted by molar-refractivity contribution is 7.99. The molecule has 0 saturated carbocycles. The van der Waals surface area contributed by atoms with Crippen LogP contribution in [-0.4, -0.2) is 28.5 Å². The summed E-state index contributed by atoms with van der Waals surface area (Å²) >= 11 is 1.43. The maximum Gasteiger partial charge on any atom is 0.305 e. The Morgan fingerprint density at radius 2 is 2.30 bits per heavy atom. The average Bonchev–Trinajstić information content (AvgIpc) is 3.03. The summed E-state index contributed by atoms with van der Waals surface area (Å²) in [4.78, 5) is 11.2. The highest BCUT2D eigenvalue weighted by atomic mass is 32.2. The van der Waals surface area contributed by atoms with E-state index >= 15 is 0 Å². The van der Waals surface area contributed by atoms with Crippen LogP contribution in [0.3, 0.4) is 0 Å². The normalized spacial score (nSPS) is 10.7. The Labute approximate surface area is 120 Å². The lowest BCUT2D eigenvalue weighted by atomic mass is 10.3. The number of furan rings is 1. The van der Waals surface area contributed by atoms with E-state index in [4.69, 9.17) is 13.6 Å². The second kappa shape index (κ2) is 7.14. The van der Waals surface area contributed by atoms with Crippen LogP contribution in [0.25, 0.3) is 11.5 Å². The fraction of sp³-hybridized carbons (Fsp3) is 0.462. The molecule has 2 aromatic rings. The minimum absolute atomic E-state index is 0.173. The van der Waals surface area contributed by atoms with Gasteiger partial charge in [-0.1, -0.05) is 11.8 Å². The summed E-state index contributed by atoms with van der Waals surface area (Å²) in [5.74, 6) is 1.75. The van der Waals surface area contributed by atoms with Crippen LogP contribution in [0, 0.1) is 6.92 Å². The third-order valence-electron chi connectivity index (χ3n) is 2.55. The molecule has 0 atom stereocenters. The third kappa shape index (κ3) is 3.86. The molecule has 0 saturated heterocycles. The molecule has 0 fully saturated rings. The van der Waals surface area contributed by atoms with Crippen molar-refractivity contribution in [2.24, 2.45) is 0 Å². The number of hydrogen-bond donors (Lipinski definition) is 0. The van der Waals surface area contributed by atoms with Crippen LogP contribution in [0.1, 0.15) is 25.5 Å². The number of hydrogen-bond acceptors (Lipinski definition) is 7. The van der Waals surface area contributed by atoms with Crippen molar-refractivity contribution >= 4 is 17.7 Å². The summed E-state index contributed by atoms with van der Waals surface area (Å²) in [6, 6.07) is 1.79. The molecule has 0 aromatic carbocycles. The fourth-order valence-corrected chi connectivity index (χ4v) is 2.29. The lowest BCUT2D eigenvalue weighted by Crippen LogP contribution is -2.03. The summed E-state index contributed by atoms with van der Waals surface area (Å²) < 4.78 is 15.6. The van der Waals surface area contributed by atoms with E-state index in [1.54, 1.807) is 19.3 Å². The van der Waals surface area contributed by atoms with Gasteiger partial charge in [-0.05, 0) is 26.3 Å². The monoisotopic (exact) mass is 296 g/mol. The second-order valence-corrected chi connectivity index (χ2v) is 5.07. The zero-order chi connectivity index (χ0) is 14.4. The van der Waals surface area contributed by atoms with E-state index in [9.17, 15) is 4.79 Å². The van der Waals surface area contributed by atoms with Crippen LogP contribution in [0.2, 0.25) is 0 Å². The van der Waals surface area contributed by atoms with Crippen molar-refractivity contribution in [1.82, 2.24) is 10.2 Å². The van der Waals surface area contributed by atoms with Crippen molar-refractivity contribution in [3.63, 3.8) is 0 Å². The minimum atomic E-state index is -0.173. The Bertz CT molecular complexity index is 564. The zero-order valence-electron chi connectivity index (χ0n) is 11.4. The van der Waals surface area contributed by atoms with Crippen LogP contribution in [0.15, 0.2) is 26.4 Å². The van der Waals surface area contributed by atoms with E-state index in [0.717, 1.165) is 17.1 Å². The highest BCUT2D eigenvalue weighted by Crippen LogP contribution is 2.26. The quantitative estimate of drug-likeness (QED) is 0.441. The number of aryl methyl sites for hydroxylation is 1. The Morgan fingerprint density at radius 3 is 3.00 bits per heavy atom. The molecule has 0 amide bonds. The van der Waals surface area contributed by atoms with E-state index in [0.29, 0.717) is 30.6 Å². The number of thioether (sulfide) groups is 1. The molecule has 0 radical (unpaired) electrons. The summed E-state index contributed by atoms with van der Waals surface area (Å²) in [7, 11) is 0. The van der Waals surface area contributed by atoms with Gasteiger partial charge in [0.1, 0.15) is 5.76 Å². The van der Waals surface area contributed by atoms with Crippen molar-refractivity contribution in [2.75, 3.05) is 12.4 Å². The predicted octanol–water partition coefficient (Wildman–Crippen LogP) is 3.07. The van der Waals surface area contributed by atoms with Crippen LogP contribution >= 0.6 is 11.8 Å². The molecule has 20 heavy (non-hydrogen) atoms. The molecule has 108 valence electrons. The Hall–Kier alpha value is -1.76. The van der Waals surface area contributed by atoms with Crippen molar-refractivity contribution in [1.29, 1.82) is 0 Å². The van der Waals surface area contributed by atoms with Crippen molar-refractivity contribution < 1.29 is 18.4 Å². The maximum absolute atomic E-state index is 11.2. The van der Waals surface area contributed by atoms with Gasteiger partial charge in [0.15, 0.2) is 0 Å². The molecule has 7 heteroatoms. The van der Waals surface area contributed by atoms with Gasteiger partial charge >= 0.3 is 5.97 Å². The first-order chi connectivity index (χ1) is 9.70. The van der Waals surface area contributed by atoms with Gasteiger partial charge in [0.2, 0.25) is 0 Å². The van der Waals surface area contributed by atoms with Crippen molar-refractivity contribution in [3.8, 4) is 11.5 Å². The molecule has 0 unspecified atom stereocenters. The van der Waals surface area contributed by atoms with Gasteiger partial charge in [0.25, 0.3) is 11.1 Å². The Kier molecular flexibility index (Phi) is 5.23. The number of carbonyl (C=O) groups excluding carboxylic acids is 1. The van der Waals surface area contributed by atoms with Gasteiger partial charge in [0.05, 0.1) is 18.4 Å². The third-order valence-corrected chi connectivity index (χ3v) is 3.46. The SMILES string of the molecule is CCOC(=O)CCCSc1nnc(-c2ccoc2C)o1. The van der Waals surface area contributed by atoms with E-state index in [1.807, 2.05) is 6.92 Å². The van der Waals surface area contributed by atoms with E-state index in [-0.39, 0.29) is 5.97 Å². The number of aromatic nitrogens is 2. The molecule has 0 aliphatic rings. The molecule has 2 heterocycles. The fourth-order valence-electron chi connectivity index (χ4n) is 1.59. The molecular formula is C13H16N2O4S. The lowest BCUT2D eigenvalue weighted by Gasteiger charge is -1.99. The van der Waals surface area contributed by atoms with Gasteiger partial charge in [-0.2, -0.15) is 0 Å². The Morgan fingerprint density at radius 1 is 1.45 bits per heavy atom. The first-order valence-electron chi connectivity index (χ1n) is 6.37. The number of nitrogens with zero attached hydrogens (tertiary/aromatic N) is 2. The molecule has 6 nitrogen and oxygen atoms in total. The summed E-state index contributed by atoms with van der Waals surface area (Å²) in [5.41, 5.74) is 0.802. The van der Waals surface area contributed by atoms with Gasteiger partial charge in [-0.15, -0.1) is 10.2 Å². The molecule has 0 spiro atoms. The first-order valence-corrected chi connectivity index (χ1v) is 7.35. The molecule has 0 aliphatic carbocycles. The average molecular weight is 296 g/mol. The Balaban J connectivity index is 1.79. The maximum atomic E-state index is 11.2. The van der Waals surface area contributed by atoms with Gasteiger partial charge in [0, 0.05) is 12.2 Å². The smallest absolute Gasteiger partial charge is 0.305 e. The van der Waals surface area contributed by atoms with E-state index in [1.165, 1.54) is 11.8 Å². The van der Waals surface area contributed by atoms with Gasteiger partial charge in [-0.25, -0.2) is 0 Å². The minimum Gasteiger partial charge on any atom is -0.469 e. The predicted molar refractivity (Wildman–Crippen MR) is 73.3 cm³/mol. The van der Waals surface area contributed by atoms with Gasteiger partial charge in [-0.3, -0.25) is 4.79 Å². The standard InChI is InChI=1S/C13H16N2O4S/c1-3-17-11(16)5-4-8-20-13-15-14-12(19-13)10-6-7-18-9(10)2/h6-7H,3-5,8H2,1-2H3. The largest absolute Gasteiger partial charge is 0.469 e. The zero-order valence-corrected chi connectivity index (χ0v) is 12.2. The van der Waals surface area contributed by atoms with E-state index < -0.39 is 0 Å². The molecule has 0 N–H and O–H groups in total. The molecule has 2 aromatic heterocycles. The summed E-state index contributed by atoms with van der Waals surface area (Å²) in [6.07, 6.45) is 2.70. The topological polar surface area (TPSA) is 78.4 Å². The van der Waals surface area contributed by atoms with Crippen molar-refractivity contribution in [3.05, 3.63) is 18.1 Å². The van der Waals surface area contributed by atoms with Crippen LogP contribution < -0.4 is 0 Å². The van der Waals surface area contributed by atoms with Gasteiger partial charge < -0.3 is 13.6 Å². The highest BCUT2D eigenvalue weighted by Gasteiger charge is 2.13. The molecule has 2 rings (SSSR count). The molecule has 0 aliphatic heterocycles. The summed E-state index contributed by atoms with van der Waals surface area (Å²) in [5, 5.41) is 8.42. The number of carbonyl (C=O) groups is 1. The first kappa shape index (κ1) is 14.6. The van der Waals surface area contributed by atoms with Crippen molar-refractivity contribution in [2.45, 2.75) is 31.9 Å². The summed E-state index contributed by atoms with van der Waals surface area (Å²) in [6.45, 7) is 4.05. The molecule has 0 bridgehead atoms. The number of rotatable bonds is 7. The van der Waals surface area contributed by atoms with Crippen LogP contribution in [0.4, 0.5) is 0 Å². The van der Waals surface area contributed by atoms with Crippen LogP contribution in [-0.2, 0) is 9.53 Å². The lowest BCUT2D eigenvalue weighted by molar-refractivity contribution is -0.143. The van der Waals surface area contributed by atoms with E-state index in [2.05, 4.69) is 10.2 Å². The molecular weight excluding hydrogens is 280 g/mol. The van der Waals surface area contributed by atoms with Crippen LogP contribution in [0.5, 0.6) is 0 Å². The number of esters is 1. The second-order valence-electron chi connectivity index (χ2n) is 4.02.